The Morgan fingerprint density at radius 1 is 0.846 bits per heavy atom. The number of anilines is 1. The third-order valence-electron chi connectivity index (χ3n) is 4.54. The van der Waals surface area contributed by atoms with Gasteiger partial charge in [0.15, 0.2) is 0 Å². The molecule has 26 heavy (non-hydrogen) atoms. The van der Waals surface area contributed by atoms with Crippen LogP contribution in [0.3, 0.4) is 0 Å². The molecule has 1 saturated heterocycles. The third kappa shape index (κ3) is 4.82. The van der Waals surface area contributed by atoms with Gasteiger partial charge in [0.05, 0.1) is 11.3 Å². The van der Waals surface area contributed by atoms with Crippen molar-refractivity contribution < 1.29 is 9.59 Å². The molecule has 1 aliphatic heterocycles. The fraction of sp³-hybridized carbons (Fsp3) is 0.273. The maximum Gasteiger partial charge on any atom is 0.255 e. The second-order valence-electron chi connectivity index (χ2n) is 6.49. The summed E-state index contributed by atoms with van der Waals surface area (Å²) in [6, 6.07) is 16.9. The van der Waals surface area contributed by atoms with E-state index >= 15 is 0 Å². The highest BCUT2D eigenvalue weighted by molar-refractivity contribution is 6.07. The Hall–Kier alpha value is -2.88. The molecule has 0 spiro atoms. The zero-order valence-electron chi connectivity index (χ0n) is 14.9. The van der Waals surface area contributed by atoms with E-state index < -0.39 is 0 Å². The van der Waals surface area contributed by atoms with Crippen LogP contribution in [0, 0.1) is 0 Å². The summed E-state index contributed by atoms with van der Waals surface area (Å²) in [4.78, 5) is 27.1. The first-order chi connectivity index (χ1) is 12.7. The number of likely N-dealkylation sites (tertiary alicyclic amines) is 1. The fourth-order valence-electron chi connectivity index (χ4n) is 3.13. The number of rotatable bonds is 4. The summed E-state index contributed by atoms with van der Waals surface area (Å²) in [6.07, 6.45) is 7.68. The molecule has 2 aromatic carbocycles. The van der Waals surface area contributed by atoms with Crippen molar-refractivity contribution in [3.05, 3.63) is 71.8 Å². The molecular weight excluding hydrogens is 324 g/mol. The first kappa shape index (κ1) is 17.9. The Bertz CT molecular complexity index is 776. The van der Waals surface area contributed by atoms with Gasteiger partial charge in [0.2, 0.25) is 5.91 Å². The van der Waals surface area contributed by atoms with Crippen LogP contribution in [0.4, 0.5) is 5.69 Å². The van der Waals surface area contributed by atoms with E-state index in [0.29, 0.717) is 11.3 Å². The quantitative estimate of drug-likeness (QED) is 0.835. The molecule has 0 aliphatic carbocycles. The summed E-state index contributed by atoms with van der Waals surface area (Å²) >= 11 is 0. The van der Waals surface area contributed by atoms with Crippen molar-refractivity contribution in [3.8, 4) is 0 Å². The monoisotopic (exact) mass is 348 g/mol. The molecule has 4 nitrogen and oxygen atoms in total. The van der Waals surface area contributed by atoms with E-state index in [9.17, 15) is 9.59 Å². The number of para-hydroxylation sites is 1. The lowest BCUT2D eigenvalue weighted by molar-refractivity contribution is -0.111. The van der Waals surface area contributed by atoms with Gasteiger partial charge in [-0.25, -0.2) is 0 Å². The Balaban J connectivity index is 1.71. The van der Waals surface area contributed by atoms with Crippen molar-refractivity contribution >= 4 is 23.6 Å². The average Bonchev–Trinajstić information content (AvgIpc) is 2.97. The molecule has 134 valence electrons. The van der Waals surface area contributed by atoms with E-state index in [1.807, 2.05) is 47.4 Å². The number of carbonyl (C=O) groups is 2. The normalized spacial score (nSPS) is 14.8. The minimum Gasteiger partial charge on any atom is -0.339 e. The van der Waals surface area contributed by atoms with Crippen LogP contribution in [0.1, 0.15) is 41.6 Å². The van der Waals surface area contributed by atoms with E-state index in [4.69, 9.17) is 0 Å². The van der Waals surface area contributed by atoms with Crippen LogP contribution < -0.4 is 5.32 Å². The highest BCUT2D eigenvalue weighted by atomic mass is 16.2. The highest BCUT2D eigenvalue weighted by Crippen LogP contribution is 2.20. The predicted molar refractivity (Wildman–Crippen MR) is 105 cm³/mol. The van der Waals surface area contributed by atoms with Gasteiger partial charge < -0.3 is 10.2 Å². The summed E-state index contributed by atoms with van der Waals surface area (Å²) in [5.41, 5.74) is 2.07. The number of benzene rings is 2. The first-order valence-corrected chi connectivity index (χ1v) is 9.16. The van der Waals surface area contributed by atoms with Crippen LogP contribution in [0.25, 0.3) is 6.08 Å². The van der Waals surface area contributed by atoms with Crippen molar-refractivity contribution in [1.82, 2.24) is 4.90 Å². The lowest BCUT2D eigenvalue weighted by Gasteiger charge is -2.21. The molecule has 1 aliphatic rings. The molecule has 0 saturated carbocycles. The minimum absolute atomic E-state index is 0.00478. The highest BCUT2D eigenvalue weighted by Gasteiger charge is 2.20. The zero-order chi connectivity index (χ0) is 18.2. The maximum atomic E-state index is 12.9. The van der Waals surface area contributed by atoms with Crippen molar-refractivity contribution in [1.29, 1.82) is 0 Å². The van der Waals surface area contributed by atoms with Crippen LogP contribution in [0.5, 0.6) is 0 Å². The van der Waals surface area contributed by atoms with Crippen LogP contribution in [0.2, 0.25) is 0 Å². The van der Waals surface area contributed by atoms with E-state index in [0.717, 1.165) is 31.5 Å². The van der Waals surface area contributed by atoms with Gasteiger partial charge in [-0.05, 0) is 36.6 Å². The van der Waals surface area contributed by atoms with Crippen LogP contribution in [0.15, 0.2) is 60.7 Å². The summed E-state index contributed by atoms with van der Waals surface area (Å²) in [5, 5.41) is 2.84. The summed E-state index contributed by atoms with van der Waals surface area (Å²) in [6.45, 7) is 1.57. The number of nitrogens with zero attached hydrogens (tertiary/aromatic N) is 1. The van der Waals surface area contributed by atoms with Gasteiger partial charge in [0.1, 0.15) is 0 Å². The second-order valence-corrected chi connectivity index (χ2v) is 6.49. The molecule has 1 N–H and O–H groups in total. The van der Waals surface area contributed by atoms with Gasteiger partial charge in [0, 0.05) is 19.2 Å². The standard InChI is InChI=1S/C22H24N2O2/c25-21(15-14-18-10-4-3-5-11-18)23-20-13-7-6-12-19(20)22(26)24-16-8-1-2-9-17-24/h3-7,10-15H,1-2,8-9,16-17H2,(H,23,25)/b15-14+. The van der Waals surface area contributed by atoms with E-state index in [2.05, 4.69) is 5.32 Å². The van der Waals surface area contributed by atoms with Crippen molar-refractivity contribution in [2.24, 2.45) is 0 Å². The molecule has 2 amide bonds. The molecule has 1 heterocycles. The molecular formula is C22H24N2O2. The predicted octanol–water partition coefficient (Wildman–Crippen LogP) is 4.35. The van der Waals surface area contributed by atoms with E-state index in [1.54, 1.807) is 18.2 Å². The Kier molecular flexibility index (Phi) is 6.20. The molecule has 4 heteroatoms. The van der Waals surface area contributed by atoms with Gasteiger partial charge in [-0.1, -0.05) is 55.3 Å². The zero-order valence-corrected chi connectivity index (χ0v) is 14.9. The van der Waals surface area contributed by atoms with E-state index in [-0.39, 0.29) is 11.8 Å². The summed E-state index contributed by atoms with van der Waals surface area (Å²) in [7, 11) is 0. The van der Waals surface area contributed by atoms with Crippen LogP contribution >= 0.6 is 0 Å². The SMILES string of the molecule is O=C(/C=C/c1ccccc1)Nc1ccccc1C(=O)N1CCCCCC1. The molecule has 2 aromatic rings. The second kappa shape index (κ2) is 8.99. The smallest absolute Gasteiger partial charge is 0.255 e. The number of hydrogen-bond acceptors (Lipinski definition) is 2. The Morgan fingerprint density at radius 3 is 2.23 bits per heavy atom. The van der Waals surface area contributed by atoms with Crippen LogP contribution in [-0.2, 0) is 4.79 Å². The topological polar surface area (TPSA) is 49.4 Å². The number of hydrogen-bond donors (Lipinski definition) is 1. The Labute approximate surface area is 154 Å². The summed E-state index contributed by atoms with van der Waals surface area (Å²) < 4.78 is 0. The number of nitrogens with one attached hydrogen (secondary N) is 1. The first-order valence-electron chi connectivity index (χ1n) is 9.16. The summed E-state index contributed by atoms with van der Waals surface area (Å²) in [5.74, 6) is -0.250. The number of amides is 2. The maximum absolute atomic E-state index is 12.9. The molecule has 0 bridgehead atoms. The van der Waals surface area contributed by atoms with E-state index in [1.165, 1.54) is 18.9 Å². The molecule has 0 atom stereocenters. The van der Waals surface area contributed by atoms with Gasteiger partial charge in [-0.3, -0.25) is 9.59 Å². The molecule has 0 unspecified atom stereocenters. The van der Waals surface area contributed by atoms with Crippen LogP contribution in [-0.4, -0.2) is 29.8 Å². The van der Waals surface area contributed by atoms with Crippen molar-refractivity contribution in [2.45, 2.75) is 25.7 Å². The van der Waals surface area contributed by atoms with Gasteiger partial charge in [-0.2, -0.15) is 0 Å². The largest absolute Gasteiger partial charge is 0.339 e. The minimum atomic E-state index is -0.245. The van der Waals surface area contributed by atoms with Crippen molar-refractivity contribution in [2.75, 3.05) is 18.4 Å². The lowest BCUT2D eigenvalue weighted by Crippen LogP contribution is -2.32. The Morgan fingerprint density at radius 2 is 1.50 bits per heavy atom. The fourth-order valence-corrected chi connectivity index (χ4v) is 3.13. The van der Waals surface area contributed by atoms with Gasteiger partial charge in [-0.15, -0.1) is 0 Å². The molecule has 3 rings (SSSR count). The molecule has 0 aromatic heterocycles. The van der Waals surface area contributed by atoms with Gasteiger partial charge >= 0.3 is 0 Å². The average molecular weight is 348 g/mol. The third-order valence-corrected chi connectivity index (χ3v) is 4.54. The number of carbonyl (C=O) groups excluding carboxylic acids is 2. The molecule has 1 fully saturated rings. The lowest BCUT2D eigenvalue weighted by atomic mass is 10.1. The molecule has 0 radical (unpaired) electrons. The van der Waals surface area contributed by atoms with Crippen molar-refractivity contribution in [3.63, 3.8) is 0 Å². The van der Waals surface area contributed by atoms with Gasteiger partial charge in [0.25, 0.3) is 5.91 Å².